The Morgan fingerprint density at radius 2 is 2.18 bits per heavy atom. The van der Waals surface area contributed by atoms with E-state index < -0.39 is 11.8 Å². The monoisotopic (exact) mass is 158 g/mol. The minimum absolute atomic E-state index is 0.248. The third-order valence-corrected chi connectivity index (χ3v) is 1.49. The van der Waals surface area contributed by atoms with Crippen LogP contribution in [0, 0.1) is 5.92 Å². The van der Waals surface area contributed by atoms with Crippen LogP contribution < -0.4 is 0 Å². The molecule has 4 heteroatoms. The van der Waals surface area contributed by atoms with Crippen molar-refractivity contribution in [3.8, 4) is 0 Å². The quantitative estimate of drug-likeness (QED) is 0.420. The lowest BCUT2D eigenvalue weighted by Gasteiger charge is -2.23. The van der Waals surface area contributed by atoms with Gasteiger partial charge < -0.3 is 9.47 Å². The lowest BCUT2D eigenvalue weighted by Crippen LogP contribution is -2.39. The number of esters is 1. The zero-order valence-electron chi connectivity index (χ0n) is 6.33. The molecule has 0 saturated carbocycles. The van der Waals surface area contributed by atoms with E-state index in [1.165, 1.54) is 0 Å². The lowest BCUT2D eigenvalue weighted by atomic mass is 10.0. The first kappa shape index (κ1) is 8.20. The van der Waals surface area contributed by atoms with Gasteiger partial charge in [0.1, 0.15) is 0 Å². The minimum atomic E-state index is -0.735. The van der Waals surface area contributed by atoms with Gasteiger partial charge in [-0.05, 0) is 6.92 Å². The molecule has 1 rings (SSSR count). The highest BCUT2D eigenvalue weighted by Gasteiger charge is 2.32. The maximum atomic E-state index is 11.0. The molecular formula is C7H10O4. The second kappa shape index (κ2) is 3.48. The van der Waals surface area contributed by atoms with Crippen LogP contribution in [0.15, 0.2) is 0 Å². The third kappa shape index (κ3) is 1.77. The van der Waals surface area contributed by atoms with Gasteiger partial charge in [-0.3, -0.25) is 4.79 Å². The zero-order chi connectivity index (χ0) is 8.27. The molecule has 1 heterocycles. The number of carbonyl (C=O) groups excluding carboxylic acids is 2. The van der Waals surface area contributed by atoms with Crippen molar-refractivity contribution in [2.45, 2.75) is 6.92 Å². The van der Waals surface area contributed by atoms with Crippen LogP contribution >= 0.6 is 0 Å². The Balaban J connectivity index is 2.33. The molecule has 0 radical (unpaired) electrons. The molecular weight excluding hydrogens is 148 g/mol. The molecule has 0 amide bonds. The maximum absolute atomic E-state index is 11.0. The van der Waals surface area contributed by atoms with Crippen LogP contribution in [0.1, 0.15) is 6.92 Å². The van der Waals surface area contributed by atoms with E-state index in [2.05, 4.69) is 4.74 Å². The molecule has 1 fully saturated rings. The summed E-state index contributed by atoms with van der Waals surface area (Å²) in [6, 6.07) is 0. The van der Waals surface area contributed by atoms with Gasteiger partial charge in [-0.25, -0.2) is 4.79 Å². The molecule has 0 aromatic carbocycles. The van der Waals surface area contributed by atoms with Crippen molar-refractivity contribution in [1.29, 1.82) is 0 Å². The van der Waals surface area contributed by atoms with Gasteiger partial charge >= 0.3 is 5.97 Å². The molecule has 0 N–H and O–H groups in total. The van der Waals surface area contributed by atoms with E-state index in [1.54, 1.807) is 6.92 Å². The fourth-order valence-electron chi connectivity index (χ4n) is 0.756. The van der Waals surface area contributed by atoms with Crippen LogP contribution in [-0.4, -0.2) is 31.6 Å². The maximum Gasteiger partial charge on any atom is 0.375 e. The van der Waals surface area contributed by atoms with Crippen LogP contribution in [0.25, 0.3) is 0 Å². The summed E-state index contributed by atoms with van der Waals surface area (Å²) in [5.74, 6) is -1.45. The standard InChI is InChI=1S/C7H10O4/c1-2-11-7(9)6(8)5-3-10-4-5/h5H,2-4H2,1H3. The molecule has 62 valence electrons. The van der Waals surface area contributed by atoms with E-state index in [9.17, 15) is 9.59 Å². The summed E-state index contributed by atoms with van der Waals surface area (Å²) in [5, 5.41) is 0. The number of rotatable bonds is 3. The number of hydrogen-bond donors (Lipinski definition) is 0. The summed E-state index contributed by atoms with van der Waals surface area (Å²) < 4.78 is 9.27. The summed E-state index contributed by atoms with van der Waals surface area (Å²) in [6.45, 7) is 2.63. The van der Waals surface area contributed by atoms with Gasteiger partial charge in [0, 0.05) is 0 Å². The molecule has 0 bridgehead atoms. The molecule has 1 aliphatic rings. The summed E-state index contributed by atoms with van der Waals surface area (Å²) in [7, 11) is 0. The first-order chi connectivity index (χ1) is 5.25. The number of carbonyl (C=O) groups is 2. The van der Waals surface area contributed by atoms with E-state index >= 15 is 0 Å². The average Bonchev–Trinajstić information content (AvgIpc) is 1.84. The average molecular weight is 158 g/mol. The largest absolute Gasteiger partial charge is 0.460 e. The van der Waals surface area contributed by atoms with Gasteiger partial charge in [-0.15, -0.1) is 0 Å². The lowest BCUT2D eigenvalue weighted by molar-refractivity contribution is -0.161. The Kier molecular flexibility index (Phi) is 2.59. The molecule has 0 aromatic heterocycles. The molecule has 1 saturated heterocycles. The number of ketones is 1. The molecule has 1 aliphatic heterocycles. The second-order valence-electron chi connectivity index (χ2n) is 2.32. The fraction of sp³-hybridized carbons (Fsp3) is 0.714. The van der Waals surface area contributed by atoms with Gasteiger partial charge in [0.25, 0.3) is 0 Å². The first-order valence-corrected chi connectivity index (χ1v) is 3.54. The van der Waals surface area contributed by atoms with E-state index in [0.717, 1.165) is 0 Å². The Bertz CT molecular complexity index is 171. The van der Waals surface area contributed by atoms with Crippen molar-refractivity contribution in [2.75, 3.05) is 19.8 Å². The number of ether oxygens (including phenoxy) is 2. The molecule has 0 atom stereocenters. The summed E-state index contributed by atoms with van der Waals surface area (Å²) in [4.78, 5) is 21.7. The highest BCUT2D eigenvalue weighted by Crippen LogP contribution is 2.11. The molecule has 4 nitrogen and oxygen atoms in total. The normalized spacial score (nSPS) is 17.2. The van der Waals surface area contributed by atoms with E-state index in [-0.39, 0.29) is 12.5 Å². The van der Waals surface area contributed by atoms with Crippen molar-refractivity contribution in [3.05, 3.63) is 0 Å². The summed E-state index contributed by atoms with van der Waals surface area (Å²) >= 11 is 0. The molecule has 0 unspecified atom stereocenters. The minimum Gasteiger partial charge on any atom is -0.460 e. The van der Waals surface area contributed by atoms with Gasteiger partial charge in [-0.1, -0.05) is 0 Å². The SMILES string of the molecule is CCOC(=O)C(=O)C1COC1. The Morgan fingerprint density at radius 3 is 2.55 bits per heavy atom. The molecule has 11 heavy (non-hydrogen) atoms. The number of hydrogen-bond acceptors (Lipinski definition) is 4. The number of Topliss-reactive ketones (excluding diaryl/α,β-unsaturated/α-hetero) is 1. The predicted molar refractivity (Wildman–Crippen MR) is 35.9 cm³/mol. The zero-order valence-corrected chi connectivity index (χ0v) is 6.33. The van der Waals surface area contributed by atoms with Crippen molar-refractivity contribution in [3.63, 3.8) is 0 Å². The van der Waals surface area contributed by atoms with Crippen molar-refractivity contribution in [2.24, 2.45) is 5.92 Å². The highest BCUT2D eigenvalue weighted by molar-refractivity contribution is 6.34. The van der Waals surface area contributed by atoms with Crippen LogP contribution in [0.4, 0.5) is 0 Å². The molecule has 0 spiro atoms. The predicted octanol–water partition coefficient (Wildman–Crippen LogP) is -0.235. The van der Waals surface area contributed by atoms with E-state index in [1.807, 2.05) is 0 Å². The van der Waals surface area contributed by atoms with Crippen LogP contribution in [-0.2, 0) is 19.1 Å². The summed E-state index contributed by atoms with van der Waals surface area (Å²) in [6.07, 6.45) is 0. The Hall–Kier alpha value is -0.900. The van der Waals surface area contributed by atoms with Crippen molar-refractivity contribution >= 4 is 11.8 Å². The Morgan fingerprint density at radius 1 is 1.55 bits per heavy atom. The molecule has 0 aromatic rings. The molecule has 0 aliphatic carbocycles. The van der Waals surface area contributed by atoms with Gasteiger partial charge in [0.2, 0.25) is 5.78 Å². The van der Waals surface area contributed by atoms with E-state index in [4.69, 9.17) is 4.74 Å². The second-order valence-corrected chi connectivity index (χ2v) is 2.32. The van der Waals surface area contributed by atoms with Crippen LogP contribution in [0.2, 0.25) is 0 Å². The van der Waals surface area contributed by atoms with Gasteiger partial charge in [0.05, 0.1) is 25.7 Å². The first-order valence-electron chi connectivity index (χ1n) is 3.54. The third-order valence-electron chi connectivity index (χ3n) is 1.49. The van der Waals surface area contributed by atoms with Crippen LogP contribution in [0.5, 0.6) is 0 Å². The van der Waals surface area contributed by atoms with E-state index in [0.29, 0.717) is 13.2 Å². The van der Waals surface area contributed by atoms with Gasteiger partial charge in [-0.2, -0.15) is 0 Å². The smallest absolute Gasteiger partial charge is 0.375 e. The van der Waals surface area contributed by atoms with Gasteiger partial charge in [0.15, 0.2) is 0 Å². The fourth-order valence-corrected chi connectivity index (χ4v) is 0.756. The Labute approximate surface area is 64.5 Å². The topological polar surface area (TPSA) is 52.6 Å². The van der Waals surface area contributed by atoms with Crippen molar-refractivity contribution < 1.29 is 19.1 Å². The highest BCUT2D eigenvalue weighted by atomic mass is 16.5. The summed E-state index contributed by atoms with van der Waals surface area (Å²) in [5.41, 5.74) is 0. The van der Waals surface area contributed by atoms with Crippen LogP contribution in [0.3, 0.4) is 0 Å². The van der Waals surface area contributed by atoms with Crippen molar-refractivity contribution in [1.82, 2.24) is 0 Å².